The predicted octanol–water partition coefficient (Wildman–Crippen LogP) is 7.59. The first-order chi connectivity index (χ1) is 19.2. The molecule has 8 aromatic rings. The number of para-hydroxylation sites is 3. The largest absolute Gasteiger partial charge is 0.309 e. The fraction of sp³-hybridized carbons (Fsp3) is 0. The van der Waals surface area contributed by atoms with Gasteiger partial charge in [0, 0.05) is 32.1 Å². The lowest BCUT2D eigenvalue weighted by Crippen LogP contribution is -2.26. The van der Waals surface area contributed by atoms with Gasteiger partial charge in [0.25, 0.3) is 0 Å². The maximum atomic E-state index is 15.7. The van der Waals surface area contributed by atoms with Gasteiger partial charge in [-0.05, 0) is 35.0 Å². The third-order valence-electron chi connectivity index (χ3n) is 7.82. The van der Waals surface area contributed by atoms with Crippen LogP contribution < -0.4 is 15.9 Å². The van der Waals surface area contributed by atoms with Crippen LogP contribution in [0.1, 0.15) is 0 Å². The van der Waals surface area contributed by atoms with Crippen LogP contribution in [0.15, 0.2) is 140 Å². The van der Waals surface area contributed by atoms with Gasteiger partial charge in [0.05, 0.1) is 16.6 Å². The van der Waals surface area contributed by atoms with E-state index in [2.05, 4.69) is 65.1 Å². The van der Waals surface area contributed by atoms with Gasteiger partial charge in [0.1, 0.15) is 5.65 Å². The van der Waals surface area contributed by atoms with E-state index in [0.29, 0.717) is 0 Å². The summed E-state index contributed by atoms with van der Waals surface area (Å²) < 4.78 is 17.9. The number of benzene rings is 6. The average molecular weight is 519 g/mol. The van der Waals surface area contributed by atoms with Crippen LogP contribution in [0.2, 0.25) is 0 Å². The topological polar surface area (TPSA) is 34.4 Å². The Kier molecular flexibility index (Phi) is 4.79. The minimum absolute atomic E-state index is 0.819. The summed E-state index contributed by atoms with van der Waals surface area (Å²) in [6.07, 6.45) is 0. The lowest BCUT2D eigenvalue weighted by Gasteiger charge is -2.23. The Morgan fingerprint density at radius 3 is 1.95 bits per heavy atom. The van der Waals surface area contributed by atoms with Crippen LogP contribution in [0.5, 0.6) is 0 Å². The first kappa shape index (κ1) is 22.3. The molecule has 6 aromatic carbocycles. The summed E-state index contributed by atoms with van der Waals surface area (Å²) in [5.74, 6) is 0. The molecule has 0 N–H and O–H groups in total. The van der Waals surface area contributed by atoms with Gasteiger partial charge in [-0.2, -0.15) is 0 Å². The second-order valence-corrected chi connectivity index (χ2v) is 12.7. The molecule has 2 heterocycles. The van der Waals surface area contributed by atoms with Crippen molar-refractivity contribution in [2.75, 3.05) is 0 Å². The summed E-state index contributed by atoms with van der Waals surface area (Å²) in [5, 5.41) is 8.10. The third-order valence-corrected chi connectivity index (χ3v) is 10.9. The van der Waals surface area contributed by atoms with Gasteiger partial charge in [-0.15, -0.1) is 0 Å². The fourth-order valence-corrected chi connectivity index (χ4v) is 8.96. The highest BCUT2D eigenvalue weighted by molar-refractivity contribution is 7.85. The molecule has 0 atom stereocenters. The van der Waals surface area contributed by atoms with E-state index < -0.39 is 7.14 Å². The molecule has 0 saturated carbocycles. The number of nitrogens with zero attached hydrogens (tertiary/aromatic N) is 2. The predicted molar refractivity (Wildman–Crippen MR) is 165 cm³/mol. The van der Waals surface area contributed by atoms with Gasteiger partial charge in [0.2, 0.25) is 0 Å². The highest BCUT2D eigenvalue weighted by Gasteiger charge is 2.33. The lowest BCUT2D eigenvalue weighted by atomic mass is 9.99. The van der Waals surface area contributed by atoms with Crippen molar-refractivity contribution in [2.45, 2.75) is 0 Å². The standard InChI is InChI=1S/C35H23N2OP/c38-39(25-13-3-1-4-14-25,26-15-5-2-6-16-26)32-21-11-18-28-33-27-17-8-7-12-24(27)22-23-29(33)35-36-30-19-9-10-20-31(30)37(35)34(28)32/h1-23H. The number of pyridine rings is 1. The molecule has 0 bridgehead atoms. The van der Waals surface area contributed by atoms with E-state index >= 15 is 4.57 Å². The summed E-state index contributed by atoms with van der Waals surface area (Å²) in [6.45, 7) is 0. The molecule has 0 aliphatic carbocycles. The van der Waals surface area contributed by atoms with E-state index in [1.807, 2.05) is 78.9 Å². The van der Waals surface area contributed by atoms with Crippen LogP contribution >= 0.6 is 7.14 Å². The van der Waals surface area contributed by atoms with Crippen LogP contribution in [0, 0.1) is 0 Å². The molecule has 39 heavy (non-hydrogen) atoms. The average Bonchev–Trinajstić information content (AvgIpc) is 3.41. The second-order valence-electron chi connectivity index (χ2n) is 9.92. The number of hydrogen-bond acceptors (Lipinski definition) is 2. The number of rotatable bonds is 3. The Balaban J connectivity index is 1.68. The van der Waals surface area contributed by atoms with Gasteiger partial charge in [0.15, 0.2) is 7.14 Å². The van der Waals surface area contributed by atoms with Crippen molar-refractivity contribution in [1.82, 2.24) is 9.38 Å². The van der Waals surface area contributed by atoms with E-state index in [-0.39, 0.29) is 0 Å². The lowest BCUT2D eigenvalue weighted by molar-refractivity contribution is 0.592. The normalized spacial score (nSPS) is 12.2. The van der Waals surface area contributed by atoms with Crippen molar-refractivity contribution >= 4 is 72.2 Å². The van der Waals surface area contributed by atoms with Gasteiger partial charge in [-0.3, -0.25) is 4.40 Å². The van der Waals surface area contributed by atoms with E-state index in [1.54, 1.807) is 0 Å². The molecule has 0 unspecified atom stereocenters. The Labute approximate surface area is 225 Å². The molecule has 0 aliphatic heterocycles. The highest BCUT2D eigenvalue weighted by atomic mass is 31.2. The van der Waals surface area contributed by atoms with Crippen LogP contribution in [-0.2, 0) is 4.57 Å². The first-order valence-electron chi connectivity index (χ1n) is 13.1. The van der Waals surface area contributed by atoms with Crippen LogP contribution in [0.3, 0.4) is 0 Å². The molecule has 0 radical (unpaired) electrons. The molecular weight excluding hydrogens is 495 g/mol. The molecule has 0 spiro atoms. The number of imidazole rings is 1. The third kappa shape index (κ3) is 3.11. The summed E-state index contributed by atoms with van der Waals surface area (Å²) in [5.41, 5.74) is 3.75. The number of hydrogen-bond donors (Lipinski definition) is 0. The molecule has 184 valence electrons. The van der Waals surface area contributed by atoms with Crippen molar-refractivity contribution in [3.05, 3.63) is 140 Å². The second kappa shape index (κ2) is 8.39. The summed E-state index contributed by atoms with van der Waals surface area (Å²) >= 11 is 0. The summed E-state index contributed by atoms with van der Waals surface area (Å²) in [6, 6.07) is 47.2. The smallest absolute Gasteiger partial charge is 0.173 e. The van der Waals surface area contributed by atoms with E-state index in [0.717, 1.165) is 54.3 Å². The van der Waals surface area contributed by atoms with Gasteiger partial charge in [-0.1, -0.05) is 115 Å². The zero-order valence-electron chi connectivity index (χ0n) is 21.0. The van der Waals surface area contributed by atoms with Gasteiger partial charge < -0.3 is 4.57 Å². The van der Waals surface area contributed by atoms with Crippen molar-refractivity contribution in [2.24, 2.45) is 0 Å². The maximum Gasteiger partial charge on any atom is 0.173 e. The van der Waals surface area contributed by atoms with Crippen LogP contribution in [0.25, 0.3) is 49.1 Å². The Bertz CT molecular complexity index is 2210. The van der Waals surface area contributed by atoms with Crippen LogP contribution in [-0.4, -0.2) is 9.38 Å². The minimum Gasteiger partial charge on any atom is -0.309 e. The molecule has 0 fully saturated rings. The number of fused-ring (bicyclic) bond motifs is 10. The molecule has 8 rings (SSSR count). The highest BCUT2D eigenvalue weighted by Crippen LogP contribution is 2.46. The minimum atomic E-state index is -3.27. The van der Waals surface area contributed by atoms with Gasteiger partial charge >= 0.3 is 0 Å². The van der Waals surface area contributed by atoms with E-state index in [4.69, 9.17) is 4.98 Å². The fourth-order valence-electron chi connectivity index (χ4n) is 6.11. The molecule has 2 aromatic heterocycles. The Morgan fingerprint density at radius 2 is 1.18 bits per heavy atom. The summed E-state index contributed by atoms with van der Waals surface area (Å²) in [4.78, 5) is 5.14. The molecule has 0 aliphatic rings. The van der Waals surface area contributed by atoms with Crippen molar-refractivity contribution in [1.29, 1.82) is 0 Å². The zero-order valence-corrected chi connectivity index (χ0v) is 21.9. The molecule has 4 heteroatoms. The molecule has 0 amide bonds. The molecule has 0 saturated heterocycles. The summed E-state index contributed by atoms with van der Waals surface area (Å²) in [7, 11) is -3.27. The molecular formula is C35H23N2OP. The first-order valence-corrected chi connectivity index (χ1v) is 14.8. The number of aromatic nitrogens is 2. The monoisotopic (exact) mass is 518 g/mol. The Morgan fingerprint density at radius 1 is 0.538 bits per heavy atom. The maximum absolute atomic E-state index is 15.7. The van der Waals surface area contributed by atoms with Crippen LogP contribution in [0.4, 0.5) is 0 Å². The SMILES string of the molecule is O=P(c1ccccc1)(c1ccccc1)c1cccc2c3c4ccccc4ccc3c3nc4ccccc4n3c12. The van der Waals surface area contributed by atoms with Crippen molar-refractivity contribution in [3.63, 3.8) is 0 Å². The quantitative estimate of drug-likeness (QED) is 0.178. The van der Waals surface area contributed by atoms with E-state index in [1.165, 1.54) is 10.8 Å². The zero-order chi connectivity index (χ0) is 26.0. The van der Waals surface area contributed by atoms with Crippen molar-refractivity contribution < 1.29 is 4.57 Å². The van der Waals surface area contributed by atoms with Crippen molar-refractivity contribution in [3.8, 4) is 0 Å². The molecule has 3 nitrogen and oxygen atoms in total. The Hall–Kier alpha value is -4.72. The van der Waals surface area contributed by atoms with Gasteiger partial charge in [-0.25, -0.2) is 4.98 Å². The van der Waals surface area contributed by atoms with E-state index in [9.17, 15) is 0 Å².